The molecule has 0 aliphatic carbocycles. The fraction of sp³-hybridized carbons (Fsp3) is 0.391. The summed E-state index contributed by atoms with van der Waals surface area (Å²) in [4.78, 5) is 27.0. The van der Waals surface area contributed by atoms with Crippen LogP contribution in [0.3, 0.4) is 0 Å². The van der Waals surface area contributed by atoms with Gasteiger partial charge >= 0.3 is 12.1 Å². The minimum Gasteiger partial charge on any atom is -0.493 e. The molecule has 1 N–H and O–H groups in total. The lowest BCUT2D eigenvalue weighted by Gasteiger charge is -2.23. The average molecular weight is 501 g/mol. The van der Waals surface area contributed by atoms with Crippen molar-refractivity contribution in [2.24, 2.45) is 0 Å². The number of carbonyl (C=O) groups is 2. The van der Waals surface area contributed by atoms with Gasteiger partial charge in [-0.2, -0.15) is 13.2 Å². The van der Waals surface area contributed by atoms with Gasteiger partial charge in [-0.05, 0) is 30.7 Å². The molecule has 0 spiro atoms. The molecule has 0 unspecified atom stereocenters. The number of halogens is 4. The highest BCUT2D eigenvalue weighted by atomic mass is 35.5. The molecule has 2 aromatic carbocycles. The second kappa shape index (κ2) is 10.5. The highest BCUT2D eigenvalue weighted by molar-refractivity contribution is 6.33. The molecule has 0 radical (unpaired) electrons. The highest BCUT2D eigenvalue weighted by Gasteiger charge is 2.39. The van der Waals surface area contributed by atoms with Crippen LogP contribution < -0.4 is 14.8 Å². The van der Waals surface area contributed by atoms with Crippen molar-refractivity contribution in [3.05, 3.63) is 58.1 Å². The number of nitrogens with zero attached hydrogens (tertiary/aromatic N) is 1. The maximum Gasteiger partial charge on any atom is 0.416 e. The number of methoxy groups -OCH3 is 3. The first-order valence-electron chi connectivity index (χ1n) is 10.3. The van der Waals surface area contributed by atoms with E-state index < -0.39 is 35.7 Å². The maximum atomic E-state index is 13.1. The van der Waals surface area contributed by atoms with E-state index in [-0.39, 0.29) is 30.1 Å². The molecule has 34 heavy (non-hydrogen) atoms. The van der Waals surface area contributed by atoms with Crippen LogP contribution in [-0.4, -0.2) is 56.7 Å². The molecule has 1 amide bonds. The first kappa shape index (κ1) is 25.6. The Kier molecular flexibility index (Phi) is 7.93. The van der Waals surface area contributed by atoms with Gasteiger partial charge in [-0.3, -0.25) is 14.5 Å². The van der Waals surface area contributed by atoms with E-state index >= 15 is 0 Å². The van der Waals surface area contributed by atoms with E-state index in [4.69, 9.17) is 25.8 Å². The highest BCUT2D eigenvalue weighted by Crippen LogP contribution is 2.34. The molecular weight excluding hydrogens is 477 g/mol. The zero-order valence-corrected chi connectivity index (χ0v) is 19.5. The van der Waals surface area contributed by atoms with E-state index in [2.05, 4.69) is 5.32 Å². The van der Waals surface area contributed by atoms with Crippen LogP contribution in [0, 0.1) is 0 Å². The molecule has 184 valence electrons. The van der Waals surface area contributed by atoms with Crippen LogP contribution in [0.5, 0.6) is 11.5 Å². The Bertz CT molecular complexity index is 1060. The standard InChI is InChI=1S/C23H24ClF3N2O5/c1-32-19-6-4-5-13(20(19)33-2)11-29-12-15(10-18(29)22(31)34-3)28-21(30)16-9-14(23(25,26)27)7-8-17(16)24/h4-9,15,18H,10-12H2,1-3H3,(H,28,30)/t15-,18-/m0/s1. The summed E-state index contributed by atoms with van der Waals surface area (Å²) in [7, 11) is 4.28. The Labute approximate surface area is 199 Å². The Morgan fingerprint density at radius 2 is 1.88 bits per heavy atom. The number of ether oxygens (including phenoxy) is 3. The summed E-state index contributed by atoms with van der Waals surface area (Å²) in [6.07, 6.45) is -4.41. The summed E-state index contributed by atoms with van der Waals surface area (Å²) in [5, 5.41) is 2.59. The van der Waals surface area contributed by atoms with Gasteiger partial charge in [-0.25, -0.2) is 0 Å². The van der Waals surface area contributed by atoms with Gasteiger partial charge in [0, 0.05) is 24.7 Å². The number of para-hydroxylation sites is 1. The lowest BCUT2D eigenvalue weighted by atomic mass is 10.1. The van der Waals surface area contributed by atoms with E-state index in [1.807, 2.05) is 11.0 Å². The fourth-order valence-corrected chi connectivity index (χ4v) is 4.20. The third-order valence-electron chi connectivity index (χ3n) is 5.61. The van der Waals surface area contributed by atoms with E-state index in [0.717, 1.165) is 17.7 Å². The molecule has 0 saturated carbocycles. The first-order valence-corrected chi connectivity index (χ1v) is 10.7. The van der Waals surface area contributed by atoms with Crippen LogP contribution in [-0.2, 0) is 22.3 Å². The largest absolute Gasteiger partial charge is 0.493 e. The average Bonchev–Trinajstić information content (AvgIpc) is 3.19. The number of hydrogen-bond acceptors (Lipinski definition) is 6. The molecule has 1 saturated heterocycles. The van der Waals surface area contributed by atoms with Gasteiger partial charge in [0.1, 0.15) is 6.04 Å². The van der Waals surface area contributed by atoms with Gasteiger partial charge in [0.2, 0.25) is 0 Å². The first-order chi connectivity index (χ1) is 16.1. The lowest BCUT2D eigenvalue weighted by molar-refractivity contribution is -0.146. The molecule has 3 rings (SSSR count). The fourth-order valence-electron chi connectivity index (χ4n) is 4.00. The molecule has 2 atom stereocenters. The number of nitrogens with one attached hydrogen (secondary N) is 1. The minimum atomic E-state index is -4.62. The summed E-state index contributed by atoms with van der Waals surface area (Å²) in [6.45, 7) is 0.541. The zero-order chi connectivity index (χ0) is 25.0. The molecule has 1 aliphatic rings. The van der Waals surface area contributed by atoms with E-state index in [1.165, 1.54) is 21.3 Å². The normalized spacial score (nSPS) is 18.4. The van der Waals surface area contributed by atoms with Gasteiger partial charge < -0.3 is 19.5 Å². The molecule has 1 heterocycles. The quantitative estimate of drug-likeness (QED) is 0.581. The van der Waals surface area contributed by atoms with Crippen molar-refractivity contribution in [3.63, 3.8) is 0 Å². The van der Waals surface area contributed by atoms with Crippen LogP contribution in [0.2, 0.25) is 5.02 Å². The summed E-state index contributed by atoms with van der Waals surface area (Å²) in [5.41, 5.74) is -0.518. The van der Waals surface area contributed by atoms with Crippen molar-refractivity contribution in [2.75, 3.05) is 27.9 Å². The van der Waals surface area contributed by atoms with Crippen LogP contribution >= 0.6 is 11.6 Å². The summed E-state index contributed by atoms with van der Waals surface area (Å²) < 4.78 is 54.9. The van der Waals surface area contributed by atoms with Crippen molar-refractivity contribution in [1.82, 2.24) is 10.2 Å². The molecule has 2 aromatic rings. The van der Waals surface area contributed by atoms with Crippen LogP contribution in [0.15, 0.2) is 36.4 Å². The Morgan fingerprint density at radius 3 is 2.50 bits per heavy atom. The van der Waals surface area contributed by atoms with Gasteiger partial charge in [-0.1, -0.05) is 23.7 Å². The number of alkyl halides is 3. The van der Waals surface area contributed by atoms with Gasteiger partial charge in [-0.15, -0.1) is 0 Å². The smallest absolute Gasteiger partial charge is 0.416 e. The third kappa shape index (κ3) is 5.56. The Morgan fingerprint density at radius 1 is 1.15 bits per heavy atom. The van der Waals surface area contributed by atoms with Crippen molar-refractivity contribution in [1.29, 1.82) is 0 Å². The van der Waals surface area contributed by atoms with Crippen molar-refractivity contribution in [3.8, 4) is 11.5 Å². The monoisotopic (exact) mass is 500 g/mol. The minimum absolute atomic E-state index is 0.106. The second-order valence-corrected chi connectivity index (χ2v) is 8.13. The molecule has 0 bridgehead atoms. The number of likely N-dealkylation sites (tertiary alicyclic amines) is 1. The molecule has 1 aliphatic heterocycles. The van der Waals surface area contributed by atoms with E-state index in [1.54, 1.807) is 12.1 Å². The van der Waals surface area contributed by atoms with Crippen LogP contribution in [0.25, 0.3) is 0 Å². The van der Waals surface area contributed by atoms with Crippen molar-refractivity contribution >= 4 is 23.5 Å². The van der Waals surface area contributed by atoms with E-state index in [9.17, 15) is 22.8 Å². The third-order valence-corrected chi connectivity index (χ3v) is 5.94. The summed E-state index contributed by atoms with van der Waals surface area (Å²) in [5.74, 6) is -0.212. The van der Waals surface area contributed by atoms with Crippen molar-refractivity contribution in [2.45, 2.75) is 31.2 Å². The number of hydrogen-bond donors (Lipinski definition) is 1. The van der Waals surface area contributed by atoms with Crippen molar-refractivity contribution < 1.29 is 37.0 Å². The number of amides is 1. The zero-order valence-electron chi connectivity index (χ0n) is 18.7. The maximum absolute atomic E-state index is 13.1. The Balaban J connectivity index is 1.81. The molecular formula is C23H24ClF3N2O5. The predicted octanol–water partition coefficient (Wildman–Crippen LogP) is 3.92. The topological polar surface area (TPSA) is 77.1 Å². The number of carbonyl (C=O) groups excluding carboxylic acids is 2. The SMILES string of the molecule is COC(=O)[C@@H]1C[C@H](NC(=O)c2cc(C(F)(F)F)ccc2Cl)CN1Cc1cccc(OC)c1OC. The van der Waals surface area contributed by atoms with Gasteiger partial charge in [0.25, 0.3) is 5.91 Å². The Hall–Kier alpha value is -2.98. The lowest BCUT2D eigenvalue weighted by Crippen LogP contribution is -2.38. The van der Waals surface area contributed by atoms with E-state index in [0.29, 0.717) is 17.6 Å². The van der Waals surface area contributed by atoms with Crippen LogP contribution in [0.4, 0.5) is 13.2 Å². The molecule has 0 aromatic heterocycles. The molecule has 11 heteroatoms. The van der Waals surface area contributed by atoms with Gasteiger partial charge in [0.05, 0.1) is 37.5 Å². The predicted molar refractivity (Wildman–Crippen MR) is 118 cm³/mol. The van der Waals surface area contributed by atoms with Gasteiger partial charge in [0.15, 0.2) is 11.5 Å². The molecule has 1 fully saturated rings. The number of rotatable bonds is 7. The number of esters is 1. The summed E-state index contributed by atoms with van der Waals surface area (Å²) in [6, 6.07) is 6.70. The number of benzene rings is 2. The summed E-state index contributed by atoms with van der Waals surface area (Å²) >= 11 is 5.99. The molecule has 7 nitrogen and oxygen atoms in total. The van der Waals surface area contributed by atoms with Crippen LogP contribution in [0.1, 0.15) is 27.9 Å². The second-order valence-electron chi connectivity index (χ2n) is 7.72.